The van der Waals surface area contributed by atoms with E-state index in [1.165, 1.54) is 18.2 Å². The van der Waals surface area contributed by atoms with Gasteiger partial charge in [-0.1, -0.05) is 35.9 Å². The Labute approximate surface area is 149 Å². The number of urea groups is 1. The summed E-state index contributed by atoms with van der Waals surface area (Å²) in [4.78, 5) is 16.1. The molecule has 25 heavy (non-hydrogen) atoms. The number of amides is 2. The van der Waals surface area contributed by atoms with E-state index in [4.69, 9.17) is 11.6 Å². The van der Waals surface area contributed by atoms with E-state index in [0.29, 0.717) is 18.8 Å². The summed E-state index contributed by atoms with van der Waals surface area (Å²) in [5.41, 5.74) is 2.52. The van der Waals surface area contributed by atoms with Crippen LogP contribution in [0.2, 0.25) is 5.02 Å². The number of aromatic nitrogens is 2. The molecule has 3 rings (SSSR count). The average molecular weight is 359 g/mol. The largest absolute Gasteiger partial charge is 0.334 e. The lowest BCUT2D eigenvalue weighted by molar-refractivity contribution is 0.251. The first kappa shape index (κ1) is 17.0. The maximum absolute atomic E-state index is 13.1. The monoisotopic (exact) mass is 358 g/mol. The van der Waals surface area contributed by atoms with E-state index in [2.05, 4.69) is 15.6 Å². The van der Waals surface area contributed by atoms with E-state index in [1.807, 2.05) is 35.0 Å². The van der Waals surface area contributed by atoms with Gasteiger partial charge in [-0.2, -0.15) is 0 Å². The molecule has 2 amide bonds. The van der Waals surface area contributed by atoms with Crippen LogP contribution in [0.3, 0.4) is 0 Å². The van der Waals surface area contributed by atoms with Crippen LogP contribution in [-0.4, -0.2) is 15.6 Å². The maximum Gasteiger partial charge on any atom is 0.319 e. The number of hydrogen-bond acceptors (Lipinski definition) is 2. The van der Waals surface area contributed by atoms with Crippen LogP contribution in [0.4, 0.5) is 14.9 Å². The predicted molar refractivity (Wildman–Crippen MR) is 95.0 cm³/mol. The zero-order valence-electron chi connectivity index (χ0n) is 13.2. The number of carbonyl (C=O) groups excluding carboxylic acids is 1. The number of carbonyl (C=O) groups is 1. The van der Waals surface area contributed by atoms with Crippen LogP contribution in [0, 0.1) is 5.82 Å². The lowest BCUT2D eigenvalue weighted by Gasteiger charge is -2.12. The standard InChI is InChI=1S/C18H16ClFN4O/c19-16-9-15(5-6-17(16)20)23-18(25)22-10-13-3-1-2-4-14(13)11-24-8-7-21-12-24/h1-9,12H,10-11H2,(H2,22,23,25). The van der Waals surface area contributed by atoms with Crippen LogP contribution in [-0.2, 0) is 13.1 Å². The molecule has 0 aliphatic carbocycles. The minimum Gasteiger partial charge on any atom is -0.334 e. The summed E-state index contributed by atoms with van der Waals surface area (Å²) in [6.45, 7) is 1.04. The van der Waals surface area contributed by atoms with Crippen molar-refractivity contribution < 1.29 is 9.18 Å². The van der Waals surface area contributed by atoms with E-state index in [9.17, 15) is 9.18 Å². The summed E-state index contributed by atoms with van der Waals surface area (Å²) in [5, 5.41) is 5.38. The minimum absolute atomic E-state index is 0.0384. The van der Waals surface area contributed by atoms with Gasteiger partial charge >= 0.3 is 6.03 Å². The smallest absolute Gasteiger partial charge is 0.319 e. The third-order valence-electron chi connectivity index (χ3n) is 3.65. The molecule has 0 saturated carbocycles. The Balaban J connectivity index is 1.61. The Morgan fingerprint density at radius 1 is 1.20 bits per heavy atom. The molecule has 7 heteroatoms. The van der Waals surface area contributed by atoms with Gasteiger partial charge < -0.3 is 15.2 Å². The molecule has 1 aromatic heterocycles. The summed E-state index contributed by atoms with van der Waals surface area (Å²) < 4.78 is 15.1. The molecule has 0 bridgehead atoms. The third-order valence-corrected chi connectivity index (χ3v) is 3.94. The van der Waals surface area contributed by atoms with E-state index < -0.39 is 5.82 Å². The summed E-state index contributed by atoms with van der Waals surface area (Å²) in [5.74, 6) is -0.527. The fraction of sp³-hybridized carbons (Fsp3) is 0.111. The molecule has 3 aromatic rings. The first-order valence-corrected chi connectivity index (χ1v) is 8.02. The topological polar surface area (TPSA) is 59.0 Å². The molecule has 0 saturated heterocycles. The number of benzene rings is 2. The van der Waals surface area contributed by atoms with Crippen LogP contribution in [0.25, 0.3) is 0 Å². The van der Waals surface area contributed by atoms with Crippen LogP contribution in [0.1, 0.15) is 11.1 Å². The molecule has 0 aliphatic rings. The predicted octanol–water partition coefficient (Wildman–Crippen LogP) is 4.05. The Bertz CT molecular complexity index is 867. The molecule has 5 nitrogen and oxygen atoms in total. The van der Waals surface area contributed by atoms with Gasteiger partial charge in [0.2, 0.25) is 0 Å². The molecule has 1 heterocycles. The molecule has 2 aromatic carbocycles. The van der Waals surface area contributed by atoms with Crippen LogP contribution < -0.4 is 10.6 Å². The molecule has 0 spiro atoms. The molecular formula is C18H16ClFN4O. The van der Waals surface area contributed by atoms with E-state index in [1.54, 1.807) is 12.5 Å². The molecule has 0 aliphatic heterocycles. The summed E-state index contributed by atoms with van der Waals surface area (Å²) >= 11 is 5.70. The van der Waals surface area contributed by atoms with Crippen molar-refractivity contribution in [2.45, 2.75) is 13.1 Å². The Hall–Kier alpha value is -2.86. The van der Waals surface area contributed by atoms with Gasteiger partial charge in [-0.25, -0.2) is 14.2 Å². The van der Waals surface area contributed by atoms with Gasteiger partial charge in [0, 0.05) is 31.2 Å². The number of rotatable bonds is 5. The van der Waals surface area contributed by atoms with Gasteiger partial charge in [0.1, 0.15) is 5.82 Å². The van der Waals surface area contributed by atoms with Crippen molar-refractivity contribution in [3.63, 3.8) is 0 Å². The number of anilines is 1. The molecule has 128 valence electrons. The normalized spacial score (nSPS) is 10.5. The third kappa shape index (κ3) is 4.58. The zero-order chi connectivity index (χ0) is 17.6. The number of halogens is 2. The molecule has 2 N–H and O–H groups in total. The fourth-order valence-corrected chi connectivity index (χ4v) is 2.57. The molecule has 0 atom stereocenters. The van der Waals surface area contributed by atoms with Crippen molar-refractivity contribution in [1.29, 1.82) is 0 Å². The molecular weight excluding hydrogens is 343 g/mol. The van der Waals surface area contributed by atoms with Gasteiger partial charge in [-0.3, -0.25) is 0 Å². The van der Waals surface area contributed by atoms with E-state index >= 15 is 0 Å². The first-order valence-electron chi connectivity index (χ1n) is 7.64. The highest BCUT2D eigenvalue weighted by molar-refractivity contribution is 6.31. The molecule has 0 radical (unpaired) electrons. The molecule has 0 unspecified atom stereocenters. The fourth-order valence-electron chi connectivity index (χ4n) is 2.39. The van der Waals surface area contributed by atoms with E-state index in [0.717, 1.165) is 11.1 Å². The summed E-state index contributed by atoms with van der Waals surface area (Å²) in [6, 6.07) is 11.5. The van der Waals surface area contributed by atoms with Gasteiger partial charge in [0.05, 0.1) is 11.3 Å². The Morgan fingerprint density at radius 2 is 2.00 bits per heavy atom. The van der Waals surface area contributed by atoms with Gasteiger partial charge in [-0.15, -0.1) is 0 Å². The number of imidazole rings is 1. The molecule has 0 fully saturated rings. The quantitative estimate of drug-likeness (QED) is 0.723. The number of nitrogens with zero attached hydrogens (tertiary/aromatic N) is 2. The SMILES string of the molecule is O=C(NCc1ccccc1Cn1ccnc1)Nc1ccc(F)c(Cl)c1. The van der Waals surface area contributed by atoms with Crippen molar-refractivity contribution >= 4 is 23.3 Å². The van der Waals surface area contributed by atoms with Crippen molar-refractivity contribution in [3.05, 3.63) is 83.2 Å². The first-order chi connectivity index (χ1) is 12.1. The van der Waals surface area contributed by atoms with Crippen molar-refractivity contribution in [1.82, 2.24) is 14.9 Å². The van der Waals surface area contributed by atoms with Crippen LogP contribution >= 0.6 is 11.6 Å². The van der Waals surface area contributed by atoms with Gasteiger partial charge in [0.15, 0.2) is 0 Å². The zero-order valence-corrected chi connectivity index (χ0v) is 14.0. The second-order valence-corrected chi connectivity index (χ2v) is 5.85. The van der Waals surface area contributed by atoms with E-state index in [-0.39, 0.29) is 11.1 Å². The number of nitrogens with one attached hydrogen (secondary N) is 2. The van der Waals surface area contributed by atoms with Crippen molar-refractivity contribution in [2.75, 3.05) is 5.32 Å². The highest BCUT2D eigenvalue weighted by Gasteiger charge is 2.07. The maximum atomic E-state index is 13.1. The van der Waals surface area contributed by atoms with Crippen molar-refractivity contribution in [2.24, 2.45) is 0 Å². The van der Waals surface area contributed by atoms with Gasteiger partial charge in [0.25, 0.3) is 0 Å². The van der Waals surface area contributed by atoms with Crippen LogP contribution in [0.15, 0.2) is 61.2 Å². The Kier molecular flexibility index (Phi) is 5.30. The number of hydrogen-bond donors (Lipinski definition) is 2. The Morgan fingerprint density at radius 3 is 2.72 bits per heavy atom. The summed E-state index contributed by atoms with van der Waals surface area (Å²) in [7, 11) is 0. The van der Waals surface area contributed by atoms with Crippen molar-refractivity contribution in [3.8, 4) is 0 Å². The minimum atomic E-state index is -0.527. The lowest BCUT2D eigenvalue weighted by atomic mass is 10.1. The second kappa shape index (κ2) is 7.81. The second-order valence-electron chi connectivity index (χ2n) is 5.44. The average Bonchev–Trinajstić information content (AvgIpc) is 3.10. The van der Waals surface area contributed by atoms with Gasteiger partial charge in [-0.05, 0) is 29.3 Å². The highest BCUT2D eigenvalue weighted by Crippen LogP contribution is 2.19. The summed E-state index contributed by atoms with van der Waals surface area (Å²) in [6.07, 6.45) is 5.35. The van der Waals surface area contributed by atoms with Crippen LogP contribution in [0.5, 0.6) is 0 Å². The lowest BCUT2D eigenvalue weighted by Crippen LogP contribution is -2.28. The highest BCUT2D eigenvalue weighted by atomic mass is 35.5.